The first-order valence-corrected chi connectivity index (χ1v) is 11.3. The number of para-hydroxylation sites is 1. The molecule has 1 fully saturated rings. The molecule has 0 spiro atoms. The van der Waals surface area contributed by atoms with Gasteiger partial charge >= 0.3 is 0 Å². The van der Waals surface area contributed by atoms with Crippen LogP contribution in [0.25, 0.3) is 16.3 Å². The summed E-state index contributed by atoms with van der Waals surface area (Å²) in [5.74, 6) is -0.335. The molecule has 5 rings (SSSR count). The molecule has 0 saturated carbocycles. The zero-order valence-electron chi connectivity index (χ0n) is 17.3. The van der Waals surface area contributed by atoms with Crippen LogP contribution < -0.4 is 10.2 Å². The maximum Gasteiger partial charge on any atom is 0.228 e. The zero-order chi connectivity index (χ0) is 21.4. The standard InChI is InChI=1S/C24H23N3O3S/c1-15(28)27-20-5-3-2-4-18(20)24(29)21(27)13-23-26-19-12-16(6-7-22(19)31-23)14-25-17-8-10-30-11-9-17/h2-7,12-13,17,25H,8-11,14H2,1H3/b21-13+. The predicted molar refractivity (Wildman–Crippen MR) is 122 cm³/mol. The number of rotatable bonds is 4. The van der Waals surface area contributed by atoms with Crippen LogP contribution >= 0.6 is 11.3 Å². The first kappa shape index (κ1) is 20.1. The van der Waals surface area contributed by atoms with Crippen LogP contribution in [0.5, 0.6) is 0 Å². The van der Waals surface area contributed by atoms with Gasteiger partial charge in [-0.05, 0) is 42.7 Å². The molecule has 0 aliphatic carbocycles. The van der Waals surface area contributed by atoms with E-state index < -0.39 is 0 Å². The normalized spacial score (nSPS) is 18.2. The van der Waals surface area contributed by atoms with E-state index in [0.29, 0.717) is 28.0 Å². The number of Topliss-reactive ketones (excluding diaryl/α,β-unsaturated/α-hetero) is 1. The van der Waals surface area contributed by atoms with Crippen molar-refractivity contribution in [1.29, 1.82) is 0 Å². The molecule has 158 valence electrons. The second-order valence-corrected chi connectivity index (χ2v) is 8.91. The van der Waals surface area contributed by atoms with Gasteiger partial charge in [-0.15, -0.1) is 11.3 Å². The minimum atomic E-state index is -0.188. The van der Waals surface area contributed by atoms with Crippen molar-refractivity contribution >= 4 is 45.0 Å². The molecule has 0 radical (unpaired) electrons. The molecule has 0 unspecified atom stereocenters. The molecule has 1 N–H and O–H groups in total. The Balaban J connectivity index is 1.41. The predicted octanol–water partition coefficient (Wildman–Crippen LogP) is 4.16. The number of hydrogen-bond acceptors (Lipinski definition) is 6. The van der Waals surface area contributed by atoms with Crippen LogP contribution in [0.15, 0.2) is 48.2 Å². The van der Waals surface area contributed by atoms with Crippen LogP contribution in [-0.4, -0.2) is 35.9 Å². The summed E-state index contributed by atoms with van der Waals surface area (Å²) in [6, 6.07) is 14.0. The number of fused-ring (bicyclic) bond motifs is 2. The van der Waals surface area contributed by atoms with Crippen LogP contribution in [0.3, 0.4) is 0 Å². The van der Waals surface area contributed by atoms with Crippen molar-refractivity contribution in [3.63, 3.8) is 0 Å². The van der Waals surface area contributed by atoms with Crippen molar-refractivity contribution in [2.24, 2.45) is 0 Å². The number of amides is 1. The van der Waals surface area contributed by atoms with Gasteiger partial charge in [0.25, 0.3) is 0 Å². The molecule has 3 heterocycles. The fourth-order valence-electron chi connectivity index (χ4n) is 4.14. The highest BCUT2D eigenvalue weighted by Crippen LogP contribution is 2.36. The Labute approximate surface area is 184 Å². The van der Waals surface area contributed by atoms with Crippen molar-refractivity contribution in [1.82, 2.24) is 10.3 Å². The molecule has 7 heteroatoms. The zero-order valence-corrected chi connectivity index (χ0v) is 18.1. The van der Waals surface area contributed by atoms with Gasteiger partial charge in [-0.1, -0.05) is 18.2 Å². The van der Waals surface area contributed by atoms with Crippen LogP contribution in [0.1, 0.15) is 40.7 Å². The number of anilines is 1. The monoisotopic (exact) mass is 433 g/mol. The van der Waals surface area contributed by atoms with Crippen molar-refractivity contribution in [2.45, 2.75) is 32.4 Å². The Hall–Kier alpha value is -2.87. The lowest BCUT2D eigenvalue weighted by Crippen LogP contribution is -2.34. The number of allylic oxidation sites excluding steroid dienone is 1. The summed E-state index contributed by atoms with van der Waals surface area (Å²) in [6.07, 6.45) is 3.81. The lowest BCUT2D eigenvalue weighted by Gasteiger charge is -2.23. The van der Waals surface area contributed by atoms with Gasteiger partial charge < -0.3 is 10.1 Å². The second kappa shape index (κ2) is 8.34. The topological polar surface area (TPSA) is 71.5 Å². The Morgan fingerprint density at radius 3 is 2.87 bits per heavy atom. The van der Waals surface area contributed by atoms with Gasteiger partial charge in [-0.2, -0.15) is 0 Å². The van der Waals surface area contributed by atoms with E-state index in [0.717, 1.165) is 42.8 Å². The fourth-order valence-corrected chi connectivity index (χ4v) is 5.03. The summed E-state index contributed by atoms with van der Waals surface area (Å²) in [7, 11) is 0. The number of nitrogens with one attached hydrogen (secondary N) is 1. The third-order valence-corrected chi connectivity index (χ3v) is 6.71. The number of benzene rings is 2. The first-order valence-electron chi connectivity index (χ1n) is 10.5. The van der Waals surface area contributed by atoms with Crippen molar-refractivity contribution in [3.8, 4) is 0 Å². The minimum Gasteiger partial charge on any atom is -0.381 e. The Morgan fingerprint density at radius 1 is 1.26 bits per heavy atom. The summed E-state index contributed by atoms with van der Waals surface area (Å²) in [5.41, 5.74) is 3.62. The van der Waals surface area contributed by atoms with E-state index in [1.807, 2.05) is 12.1 Å². The number of nitrogens with zero attached hydrogens (tertiary/aromatic N) is 2. The highest BCUT2D eigenvalue weighted by molar-refractivity contribution is 7.19. The summed E-state index contributed by atoms with van der Waals surface area (Å²) < 4.78 is 6.47. The highest BCUT2D eigenvalue weighted by Gasteiger charge is 2.34. The molecule has 3 aromatic rings. The largest absolute Gasteiger partial charge is 0.381 e. The van der Waals surface area contributed by atoms with E-state index in [1.54, 1.807) is 18.2 Å². The summed E-state index contributed by atoms with van der Waals surface area (Å²) in [6.45, 7) is 3.90. The number of ketones is 1. The number of carbonyl (C=O) groups excluding carboxylic acids is 2. The SMILES string of the molecule is CC(=O)N1/C(=C/c2nc3cc(CNC4CCOCC4)ccc3s2)C(=O)c2ccccc21. The molecule has 2 aliphatic heterocycles. The smallest absolute Gasteiger partial charge is 0.228 e. The molecule has 31 heavy (non-hydrogen) atoms. The molecule has 1 aromatic heterocycles. The number of ether oxygens (including phenoxy) is 1. The fraction of sp³-hybridized carbons (Fsp3) is 0.292. The van der Waals surface area contributed by atoms with Crippen LogP contribution in [-0.2, 0) is 16.1 Å². The average Bonchev–Trinajstić information content (AvgIpc) is 3.31. The van der Waals surface area contributed by atoms with E-state index in [1.165, 1.54) is 28.7 Å². The maximum absolute atomic E-state index is 12.9. The summed E-state index contributed by atoms with van der Waals surface area (Å²) >= 11 is 1.52. The van der Waals surface area contributed by atoms with Gasteiger partial charge in [0.2, 0.25) is 11.7 Å². The third-order valence-electron chi connectivity index (χ3n) is 5.72. The number of thiazole rings is 1. The van der Waals surface area contributed by atoms with Crippen LogP contribution in [0, 0.1) is 0 Å². The van der Waals surface area contributed by atoms with E-state index >= 15 is 0 Å². The molecule has 6 nitrogen and oxygen atoms in total. The molecule has 0 bridgehead atoms. The van der Waals surface area contributed by atoms with Gasteiger partial charge in [0.1, 0.15) is 5.01 Å². The summed E-state index contributed by atoms with van der Waals surface area (Å²) in [4.78, 5) is 31.4. The van der Waals surface area contributed by atoms with Crippen molar-refractivity contribution in [2.75, 3.05) is 18.1 Å². The Kier molecular flexibility index (Phi) is 5.40. The lowest BCUT2D eigenvalue weighted by molar-refractivity contribution is -0.116. The first-order chi connectivity index (χ1) is 15.1. The molecule has 1 amide bonds. The van der Waals surface area contributed by atoms with E-state index in [-0.39, 0.29) is 11.7 Å². The highest BCUT2D eigenvalue weighted by atomic mass is 32.1. The van der Waals surface area contributed by atoms with Crippen LogP contribution in [0.2, 0.25) is 0 Å². The number of hydrogen-bond donors (Lipinski definition) is 1. The van der Waals surface area contributed by atoms with E-state index in [2.05, 4.69) is 23.5 Å². The molecular weight excluding hydrogens is 410 g/mol. The molecule has 2 aromatic carbocycles. The Bertz CT molecular complexity index is 1190. The van der Waals surface area contributed by atoms with Crippen molar-refractivity contribution in [3.05, 3.63) is 64.3 Å². The van der Waals surface area contributed by atoms with E-state index in [4.69, 9.17) is 9.72 Å². The third kappa shape index (κ3) is 3.92. The van der Waals surface area contributed by atoms with Gasteiger partial charge in [-0.3, -0.25) is 14.5 Å². The average molecular weight is 434 g/mol. The lowest BCUT2D eigenvalue weighted by atomic mass is 10.1. The molecule has 2 aliphatic rings. The number of carbonyl (C=O) groups is 2. The van der Waals surface area contributed by atoms with Crippen LogP contribution in [0.4, 0.5) is 5.69 Å². The second-order valence-electron chi connectivity index (χ2n) is 7.85. The van der Waals surface area contributed by atoms with Crippen molar-refractivity contribution < 1.29 is 14.3 Å². The molecular formula is C24H23N3O3S. The number of aromatic nitrogens is 1. The minimum absolute atomic E-state index is 0.147. The Morgan fingerprint density at radius 2 is 2.06 bits per heavy atom. The molecule has 0 atom stereocenters. The summed E-state index contributed by atoms with van der Waals surface area (Å²) in [5, 5.41) is 4.31. The van der Waals surface area contributed by atoms with E-state index in [9.17, 15) is 9.59 Å². The van der Waals surface area contributed by atoms with Gasteiger partial charge in [0.05, 0.1) is 21.6 Å². The van der Waals surface area contributed by atoms with Gasteiger partial charge in [0.15, 0.2) is 0 Å². The van der Waals surface area contributed by atoms with Gasteiger partial charge in [0, 0.05) is 44.4 Å². The maximum atomic E-state index is 12.9. The quantitative estimate of drug-likeness (QED) is 0.626. The molecule has 1 saturated heterocycles. The van der Waals surface area contributed by atoms with Gasteiger partial charge in [-0.25, -0.2) is 4.98 Å².